The van der Waals surface area contributed by atoms with Crippen molar-refractivity contribution in [1.82, 2.24) is 20.1 Å². The van der Waals surface area contributed by atoms with Crippen molar-refractivity contribution in [2.24, 2.45) is 13.0 Å². The molecule has 1 aliphatic heterocycles. The van der Waals surface area contributed by atoms with Gasteiger partial charge in [-0.05, 0) is 48.9 Å². The summed E-state index contributed by atoms with van der Waals surface area (Å²) in [6, 6.07) is 8.24. The van der Waals surface area contributed by atoms with Gasteiger partial charge in [-0.25, -0.2) is 9.59 Å². The van der Waals surface area contributed by atoms with Gasteiger partial charge in [0.1, 0.15) is 17.8 Å². The number of esters is 1. The topological polar surface area (TPSA) is 122 Å². The predicted octanol–water partition coefficient (Wildman–Crippen LogP) is 2.47. The third kappa shape index (κ3) is 6.39. The van der Waals surface area contributed by atoms with E-state index in [0.29, 0.717) is 11.4 Å². The van der Waals surface area contributed by atoms with Crippen molar-refractivity contribution in [3.8, 4) is 0 Å². The molecule has 0 saturated carbocycles. The number of amides is 4. The van der Waals surface area contributed by atoms with Gasteiger partial charge < -0.3 is 30.2 Å². The number of hydrogen-bond donors (Lipinski definition) is 3. The van der Waals surface area contributed by atoms with Crippen molar-refractivity contribution in [1.29, 1.82) is 0 Å². The van der Waals surface area contributed by atoms with Gasteiger partial charge in [-0.1, -0.05) is 19.9 Å². The number of ether oxygens (including phenoxy) is 1. The minimum Gasteiger partial charge on any atom is -0.467 e. The van der Waals surface area contributed by atoms with Gasteiger partial charge in [0, 0.05) is 30.4 Å². The van der Waals surface area contributed by atoms with Gasteiger partial charge in [0.15, 0.2) is 0 Å². The summed E-state index contributed by atoms with van der Waals surface area (Å²) in [6.45, 7) is 3.74. The van der Waals surface area contributed by atoms with Gasteiger partial charge in [-0.15, -0.1) is 11.8 Å². The summed E-state index contributed by atoms with van der Waals surface area (Å²) in [7, 11) is 3.01. The van der Waals surface area contributed by atoms with Crippen molar-refractivity contribution < 1.29 is 23.9 Å². The van der Waals surface area contributed by atoms with E-state index in [1.807, 2.05) is 24.5 Å². The summed E-state index contributed by atoms with van der Waals surface area (Å²) < 4.78 is 6.50. The summed E-state index contributed by atoms with van der Waals surface area (Å²) in [5.41, 5.74) is 1.06. The molecule has 194 valence electrons. The maximum atomic E-state index is 13.3. The molecule has 10 nitrogen and oxygen atoms in total. The first-order valence-corrected chi connectivity index (χ1v) is 12.9. The molecule has 0 aliphatic carbocycles. The van der Waals surface area contributed by atoms with Crippen LogP contribution in [0.5, 0.6) is 0 Å². The minimum atomic E-state index is -0.872. The maximum absolute atomic E-state index is 13.3. The van der Waals surface area contributed by atoms with Crippen molar-refractivity contribution in [2.45, 2.75) is 43.3 Å². The number of hydrogen-bond acceptors (Lipinski definition) is 6. The number of benzene rings is 1. The Kier molecular flexibility index (Phi) is 9.03. The van der Waals surface area contributed by atoms with E-state index in [-0.39, 0.29) is 24.8 Å². The van der Waals surface area contributed by atoms with E-state index in [1.54, 1.807) is 61.6 Å². The molecule has 3 rings (SSSR count). The third-order valence-corrected chi connectivity index (χ3v) is 6.84. The zero-order valence-corrected chi connectivity index (χ0v) is 21.9. The molecule has 1 aromatic heterocycles. The molecule has 0 spiro atoms. The largest absolute Gasteiger partial charge is 0.467 e. The molecule has 0 unspecified atom stereocenters. The number of aryl methyl sites for hydroxylation is 1. The summed E-state index contributed by atoms with van der Waals surface area (Å²) >= 11 is 1.56. The molecule has 3 N–H and O–H groups in total. The van der Waals surface area contributed by atoms with Gasteiger partial charge in [-0.2, -0.15) is 0 Å². The van der Waals surface area contributed by atoms with Crippen LogP contribution in [0.4, 0.5) is 10.5 Å². The molecule has 3 atom stereocenters. The minimum absolute atomic E-state index is 0.144. The van der Waals surface area contributed by atoms with E-state index in [4.69, 9.17) is 4.74 Å². The van der Waals surface area contributed by atoms with Crippen molar-refractivity contribution in [3.05, 3.63) is 48.3 Å². The second-order valence-electron chi connectivity index (χ2n) is 8.99. The average Bonchev–Trinajstić information content (AvgIpc) is 3.47. The Bertz CT molecular complexity index is 1120. The lowest BCUT2D eigenvalue weighted by Crippen LogP contribution is -2.52. The van der Waals surface area contributed by atoms with E-state index >= 15 is 0 Å². The Labute approximate surface area is 215 Å². The molecule has 1 fully saturated rings. The number of rotatable bonds is 8. The van der Waals surface area contributed by atoms with Gasteiger partial charge in [0.05, 0.1) is 13.2 Å². The SMILES string of the molecule is COC(=O)[C@H](NC(=O)[C@@H]1C[C@H](NC(=O)Nc2cccc(SC)c2)CN1C(=O)c1cccn1C)C(C)C. The molecular formula is C25H33N5O5S. The molecule has 2 heterocycles. The van der Waals surface area contributed by atoms with Gasteiger partial charge in [-0.3, -0.25) is 9.59 Å². The van der Waals surface area contributed by atoms with E-state index < -0.39 is 36.0 Å². The Balaban J connectivity index is 1.77. The summed E-state index contributed by atoms with van der Waals surface area (Å²) in [4.78, 5) is 54.0. The molecule has 4 amide bonds. The lowest BCUT2D eigenvalue weighted by molar-refractivity contribution is -0.146. The van der Waals surface area contributed by atoms with Crippen LogP contribution in [-0.4, -0.2) is 71.3 Å². The summed E-state index contributed by atoms with van der Waals surface area (Å²) in [5.74, 6) is -1.58. The first-order valence-electron chi connectivity index (χ1n) is 11.7. The second-order valence-corrected chi connectivity index (χ2v) is 9.87. The highest BCUT2D eigenvalue weighted by atomic mass is 32.2. The van der Waals surface area contributed by atoms with Crippen LogP contribution in [0.2, 0.25) is 0 Å². The highest BCUT2D eigenvalue weighted by Crippen LogP contribution is 2.23. The smallest absolute Gasteiger partial charge is 0.328 e. The molecule has 0 radical (unpaired) electrons. The van der Waals surface area contributed by atoms with Crippen LogP contribution < -0.4 is 16.0 Å². The second kappa shape index (κ2) is 12.0. The normalized spacial score (nSPS) is 18.0. The van der Waals surface area contributed by atoms with Crippen molar-refractivity contribution in [3.63, 3.8) is 0 Å². The number of nitrogens with one attached hydrogen (secondary N) is 3. The van der Waals surface area contributed by atoms with Crippen LogP contribution in [0.1, 0.15) is 30.8 Å². The maximum Gasteiger partial charge on any atom is 0.328 e. The molecule has 1 saturated heterocycles. The van der Waals surface area contributed by atoms with Crippen LogP contribution in [0.3, 0.4) is 0 Å². The number of nitrogens with zero attached hydrogens (tertiary/aromatic N) is 2. The van der Waals surface area contributed by atoms with E-state index in [9.17, 15) is 19.2 Å². The molecule has 11 heteroatoms. The quantitative estimate of drug-likeness (QED) is 0.367. The van der Waals surface area contributed by atoms with Gasteiger partial charge >= 0.3 is 12.0 Å². The zero-order chi connectivity index (χ0) is 26.4. The van der Waals surface area contributed by atoms with Crippen LogP contribution in [0.15, 0.2) is 47.5 Å². The number of thioether (sulfide) groups is 1. The molecule has 0 bridgehead atoms. The lowest BCUT2D eigenvalue weighted by atomic mass is 10.0. The van der Waals surface area contributed by atoms with Crippen molar-refractivity contribution >= 4 is 41.3 Å². The first-order chi connectivity index (χ1) is 17.1. The zero-order valence-electron chi connectivity index (χ0n) is 21.1. The highest BCUT2D eigenvalue weighted by Gasteiger charge is 2.42. The Morgan fingerprint density at radius 2 is 1.89 bits per heavy atom. The summed E-state index contributed by atoms with van der Waals surface area (Å²) in [6.07, 6.45) is 3.90. The van der Waals surface area contributed by atoms with Crippen LogP contribution in [0, 0.1) is 5.92 Å². The van der Waals surface area contributed by atoms with Gasteiger partial charge in [0.2, 0.25) is 5.91 Å². The van der Waals surface area contributed by atoms with E-state index in [0.717, 1.165) is 4.90 Å². The molecule has 1 aliphatic rings. The van der Waals surface area contributed by atoms with E-state index in [1.165, 1.54) is 12.0 Å². The number of anilines is 1. The molecule has 1 aromatic carbocycles. The molecule has 2 aromatic rings. The number of aromatic nitrogens is 1. The molecular weight excluding hydrogens is 482 g/mol. The number of methoxy groups -OCH3 is 1. The third-order valence-electron chi connectivity index (χ3n) is 6.11. The Hall–Kier alpha value is -3.47. The summed E-state index contributed by atoms with van der Waals surface area (Å²) in [5, 5.41) is 8.42. The fourth-order valence-corrected chi connectivity index (χ4v) is 4.63. The van der Waals surface area contributed by atoms with E-state index in [2.05, 4.69) is 16.0 Å². The van der Waals surface area contributed by atoms with Gasteiger partial charge in [0.25, 0.3) is 5.91 Å². The van der Waals surface area contributed by atoms with Crippen LogP contribution >= 0.6 is 11.8 Å². The van der Waals surface area contributed by atoms with Crippen LogP contribution in [0.25, 0.3) is 0 Å². The number of carbonyl (C=O) groups is 4. The number of likely N-dealkylation sites (tertiary alicyclic amines) is 1. The average molecular weight is 516 g/mol. The highest BCUT2D eigenvalue weighted by molar-refractivity contribution is 7.98. The van der Waals surface area contributed by atoms with Crippen LogP contribution in [-0.2, 0) is 21.4 Å². The fourth-order valence-electron chi connectivity index (χ4n) is 4.17. The monoisotopic (exact) mass is 515 g/mol. The standard InChI is InChI=1S/C25H33N5O5S/c1-15(2)21(24(33)35-4)28-22(31)20-13-17(14-30(20)23(32)19-10-7-11-29(19)3)27-25(34)26-16-8-6-9-18(12-16)36-5/h6-12,15,17,20-21H,13-14H2,1-5H3,(H,28,31)(H2,26,27,34)/t17-,20-,21+/m0/s1. The van der Waals surface area contributed by atoms with Crippen molar-refractivity contribution in [2.75, 3.05) is 25.2 Å². The lowest BCUT2D eigenvalue weighted by Gasteiger charge is -2.27. The molecule has 36 heavy (non-hydrogen) atoms. The Morgan fingerprint density at radius 1 is 1.14 bits per heavy atom. The fraction of sp³-hybridized carbons (Fsp3) is 0.440. The predicted molar refractivity (Wildman–Crippen MR) is 138 cm³/mol. The Morgan fingerprint density at radius 3 is 2.50 bits per heavy atom. The number of urea groups is 1. The number of carbonyl (C=O) groups excluding carboxylic acids is 4. The first kappa shape index (κ1) is 27.1.